The van der Waals surface area contributed by atoms with E-state index >= 15 is 0 Å². The van der Waals surface area contributed by atoms with Gasteiger partial charge in [0.2, 0.25) is 5.91 Å². The maximum Gasteiger partial charge on any atom is 0.331 e. The number of carbonyl (C=O) groups excluding carboxylic acids is 1. The van der Waals surface area contributed by atoms with E-state index in [1.54, 1.807) is 0 Å². The first-order valence-electron chi connectivity index (χ1n) is 5.63. The van der Waals surface area contributed by atoms with E-state index in [1.807, 2.05) is 0 Å². The van der Waals surface area contributed by atoms with E-state index in [0.29, 0.717) is 5.56 Å². The summed E-state index contributed by atoms with van der Waals surface area (Å²) in [6, 6.07) is 0. The Morgan fingerprint density at radius 1 is 1.53 bits per heavy atom. The summed E-state index contributed by atoms with van der Waals surface area (Å²) in [6.45, 7) is 0.939. The van der Waals surface area contributed by atoms with Gasteiger partial charge in [-0.1, -0.05) is 5.92 Å². The van der Waals surface area contributed by atoms with Crippen LogP contribution in [0.15, 0.2) is 15.8 Å². The molecule has 7 nitrogen and oxygen atoms in total. The van der Waals surface area contributed by atoms with Crippen molar-refractivity contribution >= 4 is 5.91 Å². The van der Waals surface area contributed by atoms with Crippen molar-refractivity contribution < 1.29 is 9.90 Å². The summed E-state index contributed by atoms with van der Waals surface area (Å²) < 4.78 is 2.00. The summed E-state index contributed by atoms with van der Waals surface area (Å²) in [5, 5.41) is 11.3. The number of carbonyl (C=O) groups is 1. The van der Waals surface area contributed by atoms with Crippen LogP contribution in [0.2, 0.25) is 0 Å². The fourth-order valence-corrected chi connectivity index (χ4v) is 1.57. The normalized spacial score (nSPS) is 9.95. The van der Waals surface area contributed by atoms with Crippen LogP contribution in [-0.4, -0.2) is 33.3 Å². The third-order valence-electron chi connectivity index (χ3n) is 2.43. The van der Waals surface area contributed by atoms with Gasteiger partial charge in [-0.25, -0.2) is 4.79 Å². The Kier molecular flexibility index (Phi) is 5.09. The Hall–Kier alpha value is -2.33. The molecule has 0 saturated carbocycles. The van der Waals surface area contributed by atoms with Gasteiger partial charge in [0.25, 0.3) is 5.56 Å². The molecule has 1 aromatic heterocycles. The van der Waals surface area contributed by atoms with Gasteiger partial charge in [-0.3, -0.25) is 18.7 Å². The Morgan fingerprint density at radius 2 is 2.21 bits per heavy atom. The molecule has 1 rings (SSSR count). The first kappa shape index (κ1) is 14.7. The van der Waals surface area contributed by atoms with Gasteiger partial charge in [0, 0.05) is 11.8 Å². The van der Waals surface area contributed by atoms with Crippen LogP contribution < -0.4 is 16.6 Å². The van der Waals surface area contributed by atoms with Crippen LogP contribution in [0.25, 0.3) is 0 Å². The highest BCUT2D eigenvalue weighted by atomic mass is 16.3. The van der Waals surface area contributed by atoms with Crippen LogP contribution in [0, 0.1) is 19.3 Å². The largest absolute Gasteiger partial charge is 0.395 e. The van der Waals surface area contributed by atoms with Crippen LogP contribution in [0.5, 0.6) is 0 Å². The van der Waals surface area contributed by atoms with Crippen molar-refractivity contribution in [3.63, 3.8) is 0 Å². The molecular formula is C12H15N3O4. The second-order valence-corrected chi connectivity index (χ2v) is 3.88. The number of aryl methyl sites for hydroxylation is 1. The molecule has 0 aliphatic heterocycles. The molecule has 0 aromatic carbocycles. The molecule has 0 saturated heterocycles. The average Bonchev–Trinajstić information content (AvgIpc) is 2.38. The van der Waals surface area contributed by atoms with Crippen LogP contribution in [0.1, 0.15) is 5.56 Å². The summed E-state index contributed by atoms with van der Waals surface area (Å²) in [4.78, 5) is 35.1. The zero-order valence-corrected chi connectivity index (χ0v) is 10.5. The number of aliphatic hydroxyl groups excluding tert-OH is 1. The number of rotatable bonds is 5. The minimum atomic E-state index is -0.638. The van der Waals surface area contributed by atoms with Gasteiger partial charge in [-0.15, -0.1) is 6.42 Å². The third-order valence-corrected chi connectivity index (χ3v) is 2.43. The lowest BCUT2D eigenvalue weighted by atomic mass is 10.3. The van der Waals surface area contributed by atoms with Crippen molar-refractivity contribution in [2.45, 2.75) is 20.0 Å². The first-order valence-corrected chi connectivity index (χ1v) is 5.63. The zero-order chi connectivity index (χ0) is 14.4. The highest BCUT2D eigenvalue weighted by Crippen LogP contribution is 1.87. The molecule has 19 heavy (non-hydrogen) atoms. The Balaban J connectivity index is 3.10. The lowest BCUT2D eigenvalue weighted by molar-refractivity contribution is -0.121. The molecule has 0 aliphatic rings. The summed E-state index contributed by atoms with van der Waals surface area (Å²) in [7, 11) is 0. The number of nitrogens with one attached hydrogen (secondary N) is 1. The van der Waals surface area contributed by atoms with E-state index in [9.17, 15) is 14.4 Å². The van der Waals surface area contributed by atoms with Crippen LogP contribution in [-0.2, 0) is 17.9 Å². The second-order valence-electron chi connectivity index (χ2n) is 3.88. The van der Waals surface area contributed by atoms with Crippen molar-refractivity contribution in [2.75, 3.05) is 13.2 Å². The summed E-state index contributed by atoms with van der Waals surface area (Å²) in [6.07, 6.45) is 6.31. The molecule has 0 aliphatic carbocycles. The Morgan fingerprint density at radius 3 is 2.79 bits per heavy atom. The van der Waals surface area contributed by atoms with E-state index in [2.05, 4.69) is 11.2 Å². The maximum atomic E-state index is 11.9. The SMILES string of the molecule is C#CCNC(=O)Cn1cc(C)c(=O)n(CCO)c1=O. The molecule has 0 atom stereocenters. The van der Waals surface area contributed by atoms with Crippen LogP contribution >= 0.6 is 0 Å². The monoisotopic (exact) mass is 265 g/mol. The molecule has 1 aromatic rings. The molecule has 2 N–H and O–H groups in total. The molecule has 0 fully saturated rings. The zero-order valence-electron chi connectivity index (χ0n) is 10.5. The van der Waals surface area contributed by atoms with Crippen molar-refractivity contribution in [1.82, 2.24) is 14.5 Å². The number of terminal acetylenes is 1. The van der Waals surface area contributed by atoms with Gasteiger partial charge < -0.3 is 10.4 Å². The molecule has 7 heteroatoms. The predicted octanol–water partition coefficient (Wildman–Crippen LogP) is -1.94. The Bertz CT molecular complexity index is 621. The molecule has 0 radical (unpaired) electrons. The molecule has 0 bridgehead atoms. The third kappa shape index (κ3) is 3.56. The highest BCUT2D eigenvalue weighted by Gasteiger charge is 2.10. The van der Waals surface area contributed by atoms with Gasteiger partial charge in [0.1, 0.15) is 6.54 Å². The van der Waals surface area contributed by atoms with Crippen molar-refractivity contribution in [2.24, 2.45) is 0 Å². The summed E-state index contributed by atoms with van der Waals surface area (Å²) >= 11 is 0. The van der Waals surface area contributed by atoms with Crippen molar-refractivity contribution in [3.05, 3.63) is 32.6 Å². The standard InChI is InChI=1S/C12H15N3O4/c1-3-4-13-10(17)8-14-7-9(2)11(18)15(5-6-16)12(14)19/h1,7,16H,4-6,8H2,2H3,(H,13,17). The van der Waals surface area contributed by atoms with Crippen molar-refractivity contribution in [1.29, 1.82) is 0 Å². The van der Waals surface area contributed by atoms with E-state index in [4.69, 9.17) is 11.5 Å². The fraction of sp³-hybridized carbons (Fsp3) is 0.417. The lowest BCUT2D eigenvalue weighted by Crippen LogP contribution is -2.43. The van der Waals surface area contributed by atoms with E-state index in [-0.39, 0.29) is 26.2 Å². The van der Waals surface area contributed by atoms with Gasteiger partial charge in [0.15, 0.2) is 0 Å². The second kappa shape index (κ2) is 6.56. The number of aliphatic hydroxyl groups is 1. The van der Waals surface area contributed by atoms with Crippen LogP contribution in [0.4, 0.5) is 0 Å². The average molecular weight is 265 g/mol. The topological polar surface area (TPSA) is 93.3 Å². The number of hydrogen-bond acceptors (Lipinski definition) is 4. The minimum absolute atomic E-state index is 0.0723. The van der Waals surface area contributed by atoms with Crippen molar-refractivity contribution in [3.8, 4) is 12.3 Å². The first-order chi connectivity index (χ1) is 9.01. The van der Waals surface area contributed by atoms with Gasteiger partial charge >= 0.3 is 5.69 Å². The molecular weight excluding hydrogens is 250 g/mol. The van der Waals surface area contributed by atoms with Gasteiger partial charge in [0.05, 0.1) is 19.7 Å². The smallest absolute Gasteiger partial charge is 0.331 e. The number of amides is 1. The summed E-state index contributed by atoms with van der Waals surface area (Å²) in [5.41, 5.74) is -0.794. The summed E-state index contributed by atoms with van der Waals surface area (Å²) in [5.74, 6) is 1.82. The quantitative estimate of drug-likeness (QED) is 0.606. The lowest BCUT2D eigenvalue weighted by Gasteiger charge is -2.10. The van der Waals surface area contributed by atoms with E-state index in [0.717, 1.165) is 9.13 Å². The molecule has 0 unspecified atom stereocenters. The van der Waals surface area contributed by atoms with Gasteiger partial charge in [-0.2, -0.15) is 0 Å². The Labute approximate surface area is 109 Å². The predicted molar refractivity (Wildman–Crippen MR) is 68.6 cm³/mol. The number of aromatic nitrogens is 2. The molecule has 0 spiro atoms. The highest BCUT2D eigenvalue weighted by molar-refractivity contribution is 5.75. The van der Waals surface area contributed by atoms with Gasteiger partial charge in [-0.05, 0) is 6.92 Å². The van der Waals surface area contributed by atoms with Crippen LogP contribution in [0.3, 0.4) is 0 Å². The minimum Gasteiger partial charge on any atom is -0.395 e. The molecule has 1 heterocycles. The number of hydrogen-bond donors (Lipinski definition) is 2. The molecule has 1 amide bonds. The van der Waals surface area contributed by atoms with E-state index in [1.165, 1.54) is 13.1 Å². The maximum absolute atomic E-state index is 11.9. The fourth-order valence-electron chi connectivity index (χ4n) is 1.57. The number of nitrogens with zero attached hydrogens (tertiary/aromatic N) is 2. The molecule has 102 valence electrons. The van der Waals surface area contributed by atoms with E-state index < -0.39 is 17.2 Å².